The highest BCUT2D eigenvalue weighted by Gasteiger charge is 2.14. The number of aromatic nitrogens is 1. The third-order valence-electron chi connectivity index (χ3n) is 3.88. The number of amides is 2. The lowest BCUT2D eigenvalue weighted by molar-refractivity contribution is -0.136. The smallest absolute Gasteiger partial charge is 0.313 e. The second-order valence-corrected chi connectivity index (χ2v) is 5.33. The highest BCUT2D eigenvalue weighted by atomic mass is 16.2. The van der Waals surface area contributed by atoms with E-state index in [2.05, 4.69) is 34.4 Å². The maximum absolute atomic E-state index is 12.0. The van der Waals surface area contributed by atoms with Gasteiger partial charge in [0.1, 0.15) is 0 Å². The summed E-state index contributed by atoms with van der Waals surface area (Å²) >= 11 is 0. The van der Waals surface area contributed by atoms with E-state index < -0.39 is 11.8 Å². The number of anilines is 1. The number of carbonyl (C=O) groups excluding carboxylic acids is 2. The minimum Gasteiger partial charge on any atom is -0.361 e. The van der Waals surface area contributed by atoms with Crippen molar-refractivity contribution in [2.24, 2.45) is 0 Å². The van der Waals surface area contributed by atoms with Crippen LogP contribution in [0.25, 0.3) is 10.9 Å². The van der Waals surface area contributed by atoms with Crippen LogP contribution >= 0.6 is 0 Å². The van der Waals surface area contributed by atoms with Crippen molar-refractivity contribution in [2.75, 3.05) is 31.5 Å². The van der Waals surface area contributed by atoms with Gasteiger partial charge in [0.2, 0.25) is 0 Å². The Kier molecular flexibility index (Phi) is 6.17. The van der Waals surface area contributed by atoms with E-state index in [4.69, 9.17) is 0 Å². The highest BCUT2D eigenvalue weighted by Crippen LogP contribution is 2.21. The van der Waals surface area contributed by atoms with E-state index in [-0.39, 0.29) is 0 Å². The van der Waals surface area contributed by atoms with Crippen LogP contribution < -0.4 is 10.6 Å². The van der Waals surface area contributed by atoms with Crippen molar-refractivity contribution in [1.82, 2.24) is 15.2 Å². The molecule has 0 saturated heterocycles. The molecule has 1 aromatic heterocycles. The standard InChI is InChI=1S/C17H24N4O2/c1-3-21(4-2)12-6-10-19-16(22)17(23)20-15-8-5-7-14-13(15)9-11-18-14/h5,7-9,11,18H,3-4,6,10,12H2,1-2H3,(H,19,22)(H,20,23). The first kappa shape index (κ1) is 17.0. The molecule has 0 unspecified atom stereocenters. The Bertz CT molecular complexity index is 661. The van der Waals surface area contributed by atoms with Crippen LogP contribution in [0.1, 0.15) is 20.3 Å². The van der Waals surface area contributed by atoms with Crippen molar-refractivity contribution in [2.45, 2.75) is 20.3 Å². The van der Waals surface area contributed by atoms with Crippen LogP contribution in [-0.4, -0.2) is 47.9 Å². The molecule has 0 fully saturated rings. The average Bonchev–Trinajstić information content (AvgIpc) is 3.04. The average molecular weight is 316 g/mol. The predicted molar refractivity (Wildman–Crippen MR) is 92.3 cm³/mol. The van der Waals surface area contributed by atoms with E-state index in [9.17, 15) is 9.59 Å². The molecule has 1 aromatic carbocycles. The van der Waals surface area contributed by atoms with Gasteiger partial charge in [-0.3, -0.25) is 9.59 Å². The second-order valence-electron chi connectivity index (χ2n) is 5.33. The topological polar surface area (TPSA) is 77.2 Å². The largest absolute Gasteiger partial charge is 0.361 e. The summed E-state index contributed by atoms with van der Waals surface area (Å²) in [5, 5.41) is 6.21. The number of nitrogens with one attached hydrogen (secondary N) is 3. The third kappa shape index (κ3) is 4.56. The number of nitrogens with zero attached hydrogens (tertiary/aromatic N) is 1. The van der Waals surface area contributed by atoms with Crippen LogP contribution in [0.15, 0.2) is 30.5 Å². The SMILES string of the molecule is CCN(CC)CCCNC(=O)C(=O)Nc1cccc2[nH]ccc12. The van der Waals surface area contributed by atoms with Gasteiger partial charge in [-0.05, 0) is 44.3 Å². The summed E-state index contributed by atoms with van der Waals surface area (Å²) in [5.74, 6) is -1.24. The first-order chi connectivity index (χ1) is 11.2. The van der Waals surface area contributed by atoms with Crippen LogP contribution in [0.5, 0.6) is 0 Å². The van der Waals surface area contributed by atoms with Gasteiger partial charge in [-0.1, -0.05) is 19.9 Å². The molecule has 0 aliphatic carbocycles. The summed E-state index contributed by atoms with van der Waals surface area (Å²) in [6.07, 6.45) is 2.63. The predicted octanol–water partition coefficient (Wildman–Crippen LogP) is 1.95. The summed E-state index contributed by atoms with van der Waals surface area (Å²) in [7, 11) is 0. The molecule has 0 aliphatic heterocycles. The van der Waals surface area contributed by atoms with Gasteiger partial charge in [-0.25, -0.2) is 0 Å². The van der Waals surface area contributed by atoms with Crippen molar-refractivity contribution in [3.63, 3.8) is 0 Å². The number of rotatable bonds is 7. The fraction of sp³-hybridized carbons (Fsp3) is 0.412. The molecule has 0 saturated carbocycles. The Morgan fingerprint density at radius 1 is 1.13 bits per heavy atom. The minimum absolute atomic E-state index is 0.497. The molecule has 2 aromatic rings. The van der Waals surface area contributed by atoms with Gasteiger partial charge in [0.05, 0.1) is 5.69 Å². The molecule has 0 atom stereocenters. The van der Waals surface area contributed by atoms with Crippen molar-refractivity contribution < 1.29 is 9.59 Å². The summed E-state index contributed by atoms with van der Waals surface area (Å²) in [6.45, 7) is 7.61. The summed E-state index contributed by atoms with van der Waals surface area (Å²) in [6, 6.07) is 7.39. The molecular formula is C17H24N4O2. The molecule has 0 bridgehead atoms. The Labute approximate surface area is 136 Å². The maximum Gasteiger partial charge on any atom is 0.313 e. The highest BCUT2D eigenvalue weighted by molar-refractivity contribution is 6.40. The maximum atomic E-state index is 12.0. The Morgan fingerprint density at radius 3 is 2.65 bits per heavy atom. The molecule has 0 radical (unpaired) electrons. The lowest BCUT2D eigenvalue weighted by Crippen LogP contribution is -2.37. The molecule has 23 heavy (non-hydrogen) atoms. The van der Waals surface area contributed by atoms with Crippen molar-refractivity contribution in [1.29, 1.82) is 0 Å². The zero-order valence-corrected chi connectivity index (χ0v) is 13.7. The normalized spacial score (nSPS) is 10.9. The van der Waals surface area contributed by atoms with Crippen molar-refractivity contribution in [3.8, 4) is 0 Å². The van der Waals surface area contributed by atoms with Crippen molar-refractivity contribution >= 4 is 28.4 Å². The molecule has 6 heteroatoms. The van der Waals surface area contributed by atoms with Gasteiger partial charge in [0.15, 0.2) is 0 Å². The number of fused-ring (bicyclic) bond motifs is 1. The van der Waals surface area contributed by atoms with Gasteiger partial charge in [-0.2, -0.15) is 0 Å². The fourth-order valence-corrected chi connectivity index (χ4v) is 2.50. The summed E-state index contributed by atoms with van der Waals surface area (Å²) in [5.41, 5.74) is 1.55. The van der Waals surface area contributed by atoms with E-state index >= 15 is 0 Å². The quantitative estimate of drug-likeness (QED) is 0.540. The second kappa shape index (κ2) is 8.33. The van der Waals surface area contributed by atoms with E-state index in [0.29, 0.717) is 12.2 Å². The van der Waals surface area contributed by atoms with E-state index in [1.165, 1.54) is 0 Å². The monoisotopic (exact) mass is 316 g/mol. The molecule has 0 spiro atoms. The number of hydrogen-bond donors (Lipinski definition) is 3. The molecular weight excluding hydrogens is 292 g/mol. The minimum atomic E-state index is -0.637. The molecule has 6 nitrogen and oxygen atoms in total. The third-order valence-corrected chi connectivity index (χ3v) is 3.88. The van der Waals surface area contributed by atoms with Gasteiger partial charge in [0.25, 0.3) is 0 Å². The number of carbonyl (C=O) groups is 2. The Hall–Kier alpha value is -2.34. The Morgan fingerprint density at radius 2 is 1.91 bits per heavy atom. The lowest BCUT2D eigenvalue weighted by atomic mass is 10.2. The number of benzene rings is 1. The molecule has 124 valence electrons. The molecule has 3 N–H and O–H groups in total. The van der Waals surface area contributed by atoms with Crippen LogP contribution in [0, 0.1) is 0 Å². The summed E-state index contributed by atoms with van der Waals surface area (Å²) < 4.78 is 0. The molecule has 0 aliphatic rings. The number of H-pyrrole nitrogens is 1. The van der Waals surface area contributed by atoms with Gasteiger partial charge in [0, 0.05) is 23.6 Å². The van der Waals surface area contributed by atoms with Crippen molar-refractivity contribution in [3.05, 3.63) is 30.5 Å². The van der Waals surface area contributed by atoms with Gasteiger partial charge >= 0.3 is 11.8 Å². The van der Waals surface area contributed by atoms with Crippen LogP contribution in [0.3, 0.4) is 0 Å². The first-order valence-corrected chi connectivity index (χ1v) is 8.03. The van der Waals surface area contributed by atoms with E-state index in [1.54, 1.807) is 12.3 Å². The zero-order chi connectivity index (χ0) is 16.7. The van der Waals surface area contributed by atoms with Gasteiger partial charge < -0.3 is 20.5 Å². The number of hydrogen-bond acceptors (Lipinski definition) is 3. The first-order valence-electron chi connectivity index (χ1n) is 8.03. The molecule has 2 amide bonds. The van der Waals surface area contributed by atoms with E-state index in [1.807, 2.05) is 18.2 Å². The van der Waals surface area contributed by atoms with Crippen LogP contribution in [0.2, 0.25) is 0 Å². The lowest BCUT2D eigenvalue weighted by Gasteiger charge is -2.17. The molecule has 1 heterocycles. The van der Waals surface area contributed by atoms with Crippen LogP contribution in [-0.2, 0) is 9.59 Å². The Balaban J connectivity index is 1.81. The molecule has 2 rings (SSSR count). The summed E-state index contributed by atoms with van der Waals surface area (Å²) in [4.78, 5) is 29.2. The van der Waals surface area contributed by atoms with Crippen LogP contribution in [0.4, 0.5) is 5.69 Å². The van der Waals surface area contributed by atoms with Gasteiger partial charge in [-0.15, -0.1) is 0 Å². The zero-order valence-electron chi connectivity index (χ0n) is 13.7. The fourth-order valence-electron chi connectivity index (χ4n) is 2.50. The number of aromatic amines is 1. The van der Waals surface area contributed by atoms with E-state index in [0.717, 1.165) is 37.0 Å².